The predicted octanol–water partition coefficient (Wildman–Crippen LogP) is 2.30. The smallest absolute Gasteiger partial charge is 0.0261 e. The molecule has 1 heterocycles. The summed E-state index contributed by atoms with van der Waals surface area (Å²) < 4.78 is 0. The normalized spacial score (nSPS) is 21.6. The van der Waals surface area contributed by atoms with Crippen LogP contribution in [-0.2, 0) is 6.42 Å². The lowest BCUT2D eigenvalue weighted by molar-refractivity contribution is 0.158. The third kappa shape index (κ3) is 3.83. The average Bonchev–Trinajstić information content (AvgIpc) is 2.39. The van der Waals surface area contributed by atoms with Crippen LogP contribution >= 0.6 is 0 Å². The summed E-state index contributed by atoms with van der Waals surface area (Å²) in [5, 5.41) is 3.52. The van der Waals surface area contributed by atoms with E-state index in [9.17, 15) is 0 Å². The Balaban J connectivity index is 1.92. The maximum atomic E-state index is 3.52. The summed E-state index contributed by atoms with van der Waals surface area (Å²) >= 11 is 0. The number of hydrogen-bond acceptors (Lipinski definition) is 2. The van der Waals surface area contributed by atoms with E-state index in [1.807, 2.05) is 0 Å². The molecule has 0 saturated carbocycles. The molecule has 94 valence electrons. The monoisotopic (exact) mass is 232 g/mol. The Kier molecular flexibility index (Phi) is 5.02. The maximum Gasteiger partial charge on any atom is 0.0261 e. The second-order valence-corrected chi connectivity index (χ2v) is 4.94. The minimum Gasteiger partial charge on any atom is -0.314 e. The molecule has 0 bridgehead atoms. The lowest BCUT2D eigenvalue weighted by Gasteiger charge is -2.36. The number of unbranched alkanes of at least 4 members (excludes halogenated alkanes) is 1. The van der Waals surface area contributed by atoms with E-state index in [4.69, 9.17) is 0 Å². The van der Waals surface area contributed by atoms with Gasteiger partial charge in [0.15, 0.2) is 0 Å². The summed E-state index contributed by atoms with van der Waals surface area (Å²) in [6, 6.07) is 11.5. The first-order chi connectivity index (χ1) is 8.40. The zero-order valence-electron chi connectivity index (χ0n) is 10.9. The van der Waals surface area contributed by atoms with Crippen molar-refractivity contribution in [2.24, 2.45) is 0 Å². The van der Waals surface area contributed by atoms with Crippen molar-refractivity contribution in [3.05, 3.63) is 35.9 Å². The van der Waals surface area contributed by atoms with Gasteiger partial charge in [0.05, 0.1) is 0 Å². The first kappa shape index (κ1) is 12.6. The summed E-state index contributed by atoms with van der Waals surface area (Å²) in [5.41, 5.74) is 1.46. The second kappa shape index (κ2) is 6.77. The summed E-state index contributed by atoms with van der Waals surface area (Å²) in [5.74, 6) is 0. The molecule has 1 fully saturated rings. The number of nitrogens with zero attached hydrogens (tertiary/aromatic N) is 1. The molecule has 2 nitrogen and oxygen atoms in total. The summed E-state index contributed by atoms with van der Waals surface area (Å²) in [4.78, 5) is 2.66. The first-order valence-corrected chi connectivity index (χ1v) is 6.89. The third-order valence-corrected chi connectivity index (χ3v) is 3.59. The van der Waals surface area contributed by atoms with Gasteiger partial charge in [-0.25, -0.2) is 0 Å². The maximum absolute atomic E-state index is 3.52. The van der Waals surface area contributed by atoms with Crippen LogP contribution < -0.4 is 5.32 Å². The third-order valence-electron chi connectivity index (χ3n) is 3.59. The fourth-order valence-corrected chi connectivity index (χ4v) is 2.55. The van der Waals surface area contributed by atoms with E-state index >= 15 is 0 Å². The minimum absolute atomic E-state index is 0.678. The van der Waals surface area contributed by atoms with Gasteiger partial charge in [-0.05, 0) is 24.9 Å². The molecule has 0 radical (unpaired) electrons. The highest BCUT2D eigenvalue weighted by Gasteiger charge is 2.21. The van der Waals surface area contributed by atoms with Crippen molar-refractivity contribution in [1.29, 1.82) is 0 Å². The molecule has 1 aromatic carbocycles. The molecule has 2 heteroatoms. The van der Waals surface area contributed by atoms with Gasteiger partial charge in [0.25, 0.3) is 0 Å². The van der Waals surface area contributed by atoms with Gasteiger partial charge in [-0.2, -0.15) is 0 Å². The Hall–Kier alpha value is -0.860. The molecular formula is C15H24N2. The Labute approximate surface area is 105 Å². The van der Waals surface area contributed by atoms with Crippen LogP contribution in [0.25, 0.3) is 0 Å². The second-order valence-electron chi connectivity index (χ2n) is 4.94. The summed E-state index contributed by atoms with van der Waals surface area (Å²) in [7, 11) is 0. The summed E-state index contributed by atoms with van der Waals surface area (Å²) in [6.45, 7) is 7.02. The predicted molar refractivity (Wildman–Crippen MR) is 73.3 cm³/mol. The van der Waals surface area contributed by atoms with E-state index in [2.05, 4.69) is 47.5 Å². The van der Waals surface area contributed by atoms with Crippen molar-refractivity contribution in [2.45, 2.75) is 32.2 Å². The van der Waals surface area contributed by atoms with Crippen LogP contribution in [0.4, 0.5) is 0 Å². The number of piperazine rings is 1. The molecule has 0 unspecified atom stereocenters. The fourth-order valence-electron chi connectivity index (χ4n) is 2.55. The zero-order valence-corrected chi connectivity index (χ0v) is 10.9. The Bertz CT molecular complexity index is 310. The van der Waals surface area contributed by atoms with Crippen molar-refractivity contribution in [3.63, 3.8) is 0 Å². The van der Waals surface area contributed by atoms with Gasteiger partial charge in [-0.1, -0.05) is 43.7 Å². The number of nitrogens with one attached hydrogen (secondary N) is 1. The van der Waals surface area contributed by atoms with E-state index in [-0.39, 0.29) is 0 Å². The SMILES string of the molecule is CCCCN1CCNC[C@@H]1Cc1ccccc1. The Morgan fingerprint density at radius 1 is 1.29 bits per heavy atom. The van der Waals surface area contributed by atoms with E-state index in [1.54, 1.807) is 0 Å². The molecule has 0 aliphatic carbocycles. The van der Waals surface area contributed by atoms with Gasteiger partial charge in [0, 0.05) is 25.7 Å². The molecule has 1 aromatic rings. The molecule has 1 aliphatic rings. The Morgan fingerprint density at radius 2 is 2.12 bits per heavy atom. The first-order valence-electron chi connectivity index (χ1n) is 6.89. The van der Waals surface area contributed by atoms with Gasteiger partial charge >= 0.3 is 0 Å². The van der Waals surface area contributed by atoms with E-state index < -0.39 is 0 Å². The van der Waals surface area contributed by atoms with Crippen molar-refractivity contribution in [3.8, 4) is 0 Å². The van der Waals surface area contributed by atoms with Gasteiger partial charge in [-0.15, -0.1) is 0 Å². The van der Waals surface area contributed by atoms with Crippen molar-refractivity contribution in [2.75, 3.05) is 26.2 Å². The van der Waals surface area contributed by atoms with Gasteiger partial charge in [0.2, 0.25) is 0 Å². The molecule has 1 aliphatic heterocycles. The number of hydrogen-bond donors (Lipinski definition) is 1. The highest BCUT2D eigenvalue weighted by Crippen LogP contribution is 2.11. The quantitative estimate of drug-likeness (QED) is 0.838. The van der Waals surface area contributed by atoms with Crippen molar-refractivity contribution >= 4 is 0 Å². The topological polar surface area (TPSA) is 15.3 Å². The van der Waals surface area contributed by atoms with Crippen LogP contribution in [0.15, 0.2) is 30.3 Å². The lowest BCUT2D eigenvalue weighted by atomic mass is 10.0. The van der Waals surface area contributed by atoms with Crippen LogP contribution in [0.1, 0.15) is 25.3 Å². The molecular weight excluding hydrogens is 208 g/mol. The zero-order chi connectivity index (χ0) is 11.9. The highest BCUT2D eigenvalue weighted by atomic mass is 15.2. The number of rotatable bonds is 5. The van der Waals surface area contributed by atoms with Gasteiger partial charge < -0.3 is 5.32 Å². The van der Waals surface area contributed by atoms with Gasteiger partial charge in [-0.3, -0.25) is 4.90 Å². The minimum atomic E-state index is 0.678. The average molecular weight is 232 g/mol. The van der Waals surface area contributed by atoms with Crippen LogP contribution in [0, 0.1) is 0 Å². The van der Waals surface area contributed by atoms with Crippen LogP contribution in [-0.4, -0.2) is 37.1 Å². The van der Waals surface area contributed by atoms with Crippen molar-refractivity contribution in [1.82, 2.24) is 10.2 Å². The van der Waals surface area contributed by atoms with Crippen LogP contribution in [0.3, 0.4) is 0 Å². The van der Waals surface area contributed by atoms with Crippen molar-refractivity contribution < 1.29 is 0 Å². The lowest BCUT2D eigenvalue weighted by Crippen LogP contribution is -2.52. The van der Waals surface area contributed by atoms with E-state index in [0.717, 1.165) is 13.1 Å². The molecule has 0 amide bonds. The highest BCUT2D eigenvalue weighted by molar-refractivity contribution is 5.16. The molecule has 1 atom stereocenters. The molecule has 1 N–H and O–H groups in total. The van der Waals surface area contributed by atoms with Gasteiger partial charge in [0.1, 0.15) is 0 Å². The molecule has 0 aromatic heterocycles. The summed E-state index contributed by atoms with van der Waals surface area (Å²) in [6.07, 6.45) is 3.80. The Morgan fingerprint density at radius 3 is 2.88 bits per heavy atom. The van der Waals surface area contributed by atoms with E-state index in [1.165, 1.54) is 37.9 Å². The number of benzene rings is 1. The largest absolute Gasteiger partial charge is 0.314 e. The molecule has 1 saturated heterocycles. The van der Waals surface area contributed by atoms with Crippen LogP contribution in [0.5, 0.6) is 0 Å². The molecule has 2 rings (SSSR count). The molecule has 17 heavy (non-hydrogen) atoms. The standard InChI is InChI=1S/C15H24N2/c1-2-3-10-17-11-9-16-13-15(17)12-14-7-5-4-6-8-14/h4-8,15-16H,2-3,9-13H2,1H3/t15-/m0/s1. The van der Waals surface area contributed by atoms with Crippen LogP contribution in [0.2, 0.25) is 0 Å². The van der Waals surface area contributed by atoms with E-state index in [0.29, 0.717) is 6.04 Å². The fraction of sp³-hybridized carbons (Fsp3) is 0.600. The molecule has 0 spiro atoms.